The van der Waals surface area contributed by atoms with Crippen LogP contribution in [0.2, 0.25) is 0 Å². The van der Waals surface area contributed by atoms with Crippen molar-refractivity contribution in [2.75, 3.05) is 0 Å². The molecule has 6 nitrogen and oxygen atoms in total. The van der Waals surface area contributed by atoms with Gasteiger partial charge in [0.1, 0.15) is 0 Å². The maximum absolute atomic E-state index is 13.4. The highest BCUT2D eigenvalue weighted by Gasteiger charge is 2.57. The van der Waals surface area contributed by atoms with Crippen LogP contribution in [0.3, 0.4) is 0 Å². The van der Waals surface area contributed by atoms with Gasteiger partial charge in [-0.2, -0.15) is 0 Å². The first-order valence-corrected chi connectivity index (χ1v) is 9.59. The molecule has 144 valence electrons. The monoisotopic (exact) mass is 370 g/mol. The number of fused-ring (bicyclic) bond motifs is 1. The van der Waals surface area contributed by atoms with Crippen LogP contribution in [-0.4, -0.2) is 44.4 Å². The van der Waals surface area contributed by atoms with Crippen molar-refractivity contribution in [1.29, 1.82) is 0 Å². The summed E-state index contributed by atoms with van der Waals surface area (Å²) in [5.41, 5.74) is 1.10. The molecule has 1 saturated carbocycles. The van der Waals surface area contributed by atoms with Gasteiger partial charge in [-0.1, -0.05) is 42.4 Å². The number of hydrogen-bond donors (Lipinski definition) is 2. The van der Waals surface area contributed by atoms with Crippen LogP contribution >= 0.6 is 0 Å². The molecule has 4 rings (SSSR count). The van der Waals surface area contributed by atoms with E-state index in [2.05, 4.69) is 5.16 Å². The normalized spacial score (nSPS) is 33.6. The largest absolute Gasteiger partial charge is 0.390 e. The first-order chi connectivity index (χ1) is 12.9. The van der Waals surface area contributed by atoms with Crippen molar-refractivity contribution in [3.63, 3.8) is 0 Å². The second-order valence-electron chi connectivity index (χ2n) is 8.14. The van der Waals surface area contributed by atoms with Crippen LogP contribution in [0.1, 0.15) is 60.5 Å². The number of nitrogens with zero attached hydrogens (tertiary/aromatic N) is 2. The van der Waals surface area contributed by atoms with Gasteiger partial charge >= 0.3 is 0 Å². The molecule has 2 fully saturated rings. The minimum atomic E-state index is -0.870. The third-order valence-corrected chi connectivity index (χ3v) is 6.34. The molecular formula is C21H26N2O4. The van der Waals surface area contributed by atoms with Crippen molar-refractivity contribution in [3.8, 4) is 0 Å². The Bertz CT molecular complexity index is 821. The molecule has 2 aromatic rings. The lowest BCUT2D eigenvalue weighted by atomic mass is 9.74. The number of hydrogen-bond acceptors (Lipinski definition) is 5. The third kappa shape index (κ3) is 2.97. The second kappa shape index (κ2) is 6.77. The number of likely N-dealkylation sites (tertiary alicyclic amines) is 1. The molecule has 1 saturated heterocycles. The van der Waals surface area contributed by atoms with Crippen molar-refractivity contribution < 1.29 is 19.5 Å². The number of aromatic nitrogens is 1. The van der Waals surface area contributed by atoms with Gasteiger partial charge in [-0.25, -0.2) is 0 Å². The smallest absolute Gasteiger partial charge is 0.293 e. The molecular weight excluding hydrogens is 344 g/mol. The Balaban J connectivity index is 1.79. The fraction of sp³-hybridized carbons (Fsp3) is 0.524. The Morgan fingerprint density at radius 1 is 1.26 bits per heavy atom. The lowest BCUT2D eigenvalue weighted by Crippen LogP contribution is -2.49. The number of aliphatic hydroxyl groups excluding tert-OH is 2. The molecule has 5 atom stereocenters. The predicted molar refractivity (Wildman–Crippen MR) is 99.0 cm³/mol. The van der Waals surface area contributed by atoms with Gasteiger partial charge in [-0.05, 0) is 38.2 Å². The highest BCUT2D eigenvalue weighted by atomic mass is 16.5. The zero-order chi connectivity index (χ0) is 19.2. The van der Waals surface area contributed by atoms with Crippen molar-refractivity contribution in [2.45, 2.75) is 63.8 Å². The zero-order valence-electron chi connectivity index (χ0n) is 15.7. The van der Waals surface area contributed by atoms with Crippen molar-refractivity contribution in [1.82, 2.24) is 10.1 Å². The lowest BCUT2D eigenvalue weighted by Gasteiger charge is -2.38. The summed E-state index contributed by atoms with van der Waals surface area (Å²) < 4.78 is 5.26. The molecule has 1 aliphatic carbocycles. The predicted octanol–water partition coefficient (Wildman–Crippen LogP) is 2.85. The molecule has 0 radical (unpaired) electrons. The molecule has 1 aliphatic heterocycles. The highest BCUT2D eigenvalue weighted by molar-refractivity contribution is 5.92. The van der Waals surface area contributed by atoms with Crippen LogP contribution in [0, 0.1) is 12.3 Å². The van der Waals surface area contributed by atoms with E-state index >= 15 is 0 Å². The molecule has 6 heteroatoms. The van der Waals surface area contributed by atoms with E-state index < -0.39 is 17.6 Å². The summed E-state index contributed by atoms with van der Waals surface area (Å²) in [4.78, 5) is 15.2. The Kier molecular flexibility index (Phi) is 4.56. The molecule has 1 amide bonds. The topological polar surface area (TPSA) is 86.8 Å². The maximum atomic E-state index is 13.4. The van der Waals surface area contributed by atoms with Crippen LogP contribution in [0.15, 0.2) is 40.9 Å². The summed E-state index contributed by atoms with van der Waals surface area (Å²) in [6.07, 6.45) is 1.02. The minimum absolute atomic E-state index is 0.173. The van der Waals surface area contributed by atoms with E-state index in [0.717, 1.165) is 18.4 Å². The number of carbonyl (C=O) groups excluding carboxylic acids is 1. The van der Waals surface area contributed by atoms with Crippen LogP contribution in [0.25, 0.3) is 0 Å². The quantitative estimate of drug-likeness (QED) is 0.849. The van der Waals surface area contributed by atoms with E-state index in [1.165, 1.54) is 0 Å². The van der Waals surface area contributed by atoms with Gasteiger partial charge in [0.05, 0.1) is 23.9 Å². The van der Waals surface area contributed by atoms with Crippen LogP contribution in [0.5, 0.6) is 0 Å². The van der Waals surface area contributed by atoms with Gasteiger partial charge in [-0.3, -0.25) is 4.79 Å². The van der Waals surface area contributed by atoms with E-state index in [0.29, 0.717) is 18.5 Å². The highest BCUT2D eigenvalue weighted by Crippen LogP contribution is 2.53. The summed E-state index contributed by atoms with van der Waals surface area (Å²) in [7, 11) is 0. The molecule has 0 spiro atoms. The number of aryl methyl sites for hydroxylation is 1. The summed E-state index contributed by atoms with van der Waals surface area (Å²) in [5, 5.41) is 25.2. The summed E-state index contributed by atoms with van der Waals surface area (Å²) in [5.74, 6) is 0.0127. The molecule has 0 unspecified atom stereocenters. The van der Waals surface area contributed by atoms with Crippen LogP contribution in [0.4, 0.5) is 0 Å². The number of carbonyl (C=O) groups is 1. The van der Waals surface area contributed by atoms with E-state index in [4.69, 9.17) is 4.52 Å². The molecule has 1 aromatic carbocycles. The number of aliphatic hydroxyl groups is 2. The molecule has 2 heterocycles. The second-order valence-corrected chi connectivity index (χ2v) is 8.14. The fourth-order valence-corrected chi connectivity index (χ4v) is 4.92. The van der Waals surface area contributed by atoms with Crippen molar-refractivity contribution in [3.05, 3.63) is 53.4 Å². The van der Waals surface area contributed by atoms with Crippen molar-refractivity contribution >= 4 is 5.91 Å². The van der Waals surface area contributed by atoms with Gasteiger partial charge in [0.25, 0.3) is 5.91 Å². The van der Waals surface area contributed by atoms with Gasteiger partial charge < -0.3 is 19.6 Å². The summed E-state index contributed by atoms with van der Waals surface area (Å²) in [6, 6.07) is 11.2. The summed E-state index contributed by atoms with van der Waals surface area (Å²) >= 11 is 0. The standard InChI is InChI=1S/C21H26N2O4/c1-13-11-17(27-22-13)20(26)23-15(14-7-4-3-5-8-14)12-21(2)18(23)10-6-9-16(24)19(21)25/h3-5,7-8,11,15-16,18-19,24-25H,6,9-10,12H2,1-2H3/t15-,16-,18-,19-,21-/m1/s1. The number of rotatable bonds is 2. The van der Waals surface area contributed by atoms with E-state index in [1.54, 1.807) is 13.0 Å². The molecule has 1 aromatic heterocycles. The minimum Gasteiger partial charge on any atom is -0.390 e. The molecule has 2 N–H and O–H groups in total. The van der Waals surface area contributed by atoms with Crippen molar-refractivity contribution in [2.24, 2.45) is 5.41 Å². The zero-order valence-corrected chi connectivity index (χ0v) is 15.7. The average molecular weight is 370 g/mol. The number of amides is 1. The Labute approximate surface area is 158 Å². The molecule has 27 heavy (non-hydrogen) atoms. The van der Waals surface area contributed by atoms with Crippen LogP contribution in [-0.2, 0) is 0 Å². The average Bonchev–Trinajstić information content (AvgIpc) is 3.21. The first-order valence-electron chi connectivity index (χ1n) is 9.59. The molecule has 2 aliphatic rings. The Morgan fingerprint density at radius 3 is 2.67 bits per heavy atom. The van der Waals surface area contributed by atoms with E-state index in [1.807, 2.05) is 42.2 Å². The lowest BCUT2D eigenvalue weighted by molar-refractivity contribution is -0.0613. The Morgan fingerprint density at radius 2 is 2.00 bits per heavy atom. The summed E-state index contributed by atoms with van der Waals surface area (Å²) in [6.45, 7) is 3.78. The van der Waals surface area contributed by atoms with E-state index in [9.17, 15) is 15.0 Å². The van der Waals surface area contributed by atoms with Gasteiger partial charge in [-0.15, -0.1) is 0 Å². The third-order valence-electron chi connectivity index (χ3n) is 6.34. The van der Waals surface area contributed by atoms with Gasteiger partial charge in [0.15, 0.2) is 0 Å². The number of benzene rings is 1. The maximum Gasteiger partial charge on any atom is 0.293 e. The fourth-order valence-electron chi connectivity index (χ4n) is 4.92. The van der Waals surface area contributed by atoms with Gasteiger partial charge in [0, 0.05) is 17.5 Å². The first kappa shape index (κ1) is 18.2. The SMILES string of the molecule is Cc1cc(C(=O)N2[C@@H](c3ccccc3)C[C@@]3(C)[C@H](O)[C@H](O)CCC[C@@H]23)on1. The Hall–Kier alpha value is -2.18. The molecule has 0 bridgehead atoms. The van der Waals surface area contributed by atoms with Gasteiger partial charge in [0.2, 0.25) is 5.76 Å². The van der Waals surface area contributed by atoms with Crippen LogP contribution < -0.4 is 0 Å². The van der Waals surface area contributed by atoms with E-state index in [-0.39, 0.29) is 23.8 Å².